The van der Waals surface area contributed by atoms with Crippen molar-refractivity contribution in [2.24, 2.45) is 11.7 Å². The molecule has 2 atom stereocenters. The third kappa shape index (κ3) is 4.19. The average molecular weight is 386 g/mol. The molecule has 1 fully saturated rings. The Balaban J connectivity index is 1.65. The van der Waals surface area contributed by atoms with E-state index in [-0.39, 0.29) is 30.3 Å². The maximum Gasteiger partial charge on any atom is 0.312 e. The third-order valence-corrected chi connectivity index (χ3v) is 4.88. The molecule has 0 spiro atoms. The van der Waals surface area contributed by atoms with E-state index in [9.17, 15) is 19.2 Å². The van der Waals surface area contributed by atoms with Gasteiger partial charge in [0.15, 0.2) is 6.10 Å². The van der Waals surface area contributed by atoms with Crippen molar-refractivity contribution in [2.45, 2.75) is 32.3 Å². The van der Waals surface area contributed by atoms with Crippen LogP contribution in [0.2, 0.25) is 0 Å². The molecular weight excluding hydrogens is 364 g/mol. The number of benzene rings is 1. The number of aromatic nitrogens is 2. The second-order valence-corrected chi connectivity index (χ2v) is 6.88. The fourth-order valence-corrected chi connectivity index (χ4v) is 3.40. The number of primary amides is 1. The van der Waals surface area contributed by atoms with Gasteiger partial charge in [0.2, 0.25) is 5.91 Å². The molecule has 0 bridgehead atoms. The number of ether oxygens (including phenoxy) is 1. The van der Waals surface area contributed by atoms with Gasteiger partial charge < -0.3 is 15.4 Å². The van der Waals surface area contributed by atoms with Gasteiger partial charge >= 0.3 is 5.97 Å². The van der Waals surface area contributed by atoms with E-state index in [0.29, 0.717) is 35.9 Å². The molecule has 2 amide bonds. The molecule has 2 unspecified atom stereocenters. The van der Waals surface area contributed by atoms with Gasteiger partial charge in [0.1, 0.15) is 0 Å². The molecule has 3 N–H and O–H groups in total. The first kappa shape index (κ1) is 19.5. The fourth-order valence-electron chi connectivity index (χ4n) is 3.40. The van der Waals surface area contributed by atoms with Crippen molar-refractivity contribution in [1.29, 1.82) is 0 Å². The lowest BCUT2D eigenvalue weighted by molar-refractivity contribution is -0.159. The molecule has 1 saturated heterocycles. The fraction of sp³-hybridized carbons (Fsp3) is 0.421. The maximum absolute atomic E-state index is 12.5. The van der Waals surface area contributed by atoms with Crippen LogP contribution in [0.5, 0.6) is 0 Å². The minimum absolute atomic E-state index is 0.182. The number of hydrogen-bond acceptors (Lipinski definition) is 6. The van der Waals surface area contributed by atoms with E-state index in [2.05, 4.69) is 10.2 Å². The first-order valence-corrected chi connectivity index (χ1v) is 9.10. The van der Waals surface area contributed by atoms with Crippen LogP contribution in [0.1, 0.15) is 25.5 Å². The number of amides is 2. The van der Waals surface area contributed by atoms with Crippen LogP contribution in [-0.4, -0.2) is 52.1 Å². The minimum atomic E-state index is -0.992. The van der Waals surface area contributed by atoms with Gasteiger partial charge in [-0.25, -0.2) is 5.10 Å². The van der Waals surface area contributed by atoms with Crippen LogP contribution >= 0.6 is 0 Å². The molecule has 28 heavy (non-hydrogen) atoms. The second kappa shape index (κ2) is 8.20. The molecule has 1 aromatic heterocycles. The second-order valence-electron chi connectivity index (χ2n) is 6.88. The zero-order valence-corrected chi connectivity index (χ0v) is 15.5. The largest absolute Gasteiger partial charge is 0.452 e. The third-order valence-electron chi connectivity index (χ3n) is 4.88. The Labute approximate surface area is 160 Å². The Morgan fingerprint density at radius 3 is 2.75 bits per heavy atom. The standard InChI is InChI=1S/C19H22N4O5/c1-11(19(27)23-8-4-5-12(10-23)17(20)25)28-16(24)9-15-13-6-2-3-7-14(13)18(26)22-21-15/h2-3,6-7,11-12H,4-5,8-10H2,1H3,(H2,20,25)(H,22,26). The summed E-state index contributed by atoms with van der Waals surface area (Å²) in [6.07, 6.45) is 0.151. The number of carbonyl (C=O) groups excluding carboxylic acids is 3. The van der Waals surface area contributed by atoms with Crippen LogP contribution < -0.4 is 11.3 Å². The zero-order valence-electron chi connectivity index (χ0n) is 15.5. The Hall–Kier alpha value is -3.23. The average Bonchev–Trinajstić information content (AvgIpc) is 2.69. The van der Waals surface area contributed by atoms with Gasteiger partial charge in [-0.3, -0.25) is 19.2 Å². The Morgan fingerprint density at radius 1 is 1.32 bits per heavy atom. The van der Waals surface area contributed by atoms with Crippen LogP contribution in [0.3, 0.4) is 0 Å². The normalized spacial score (nSPS) is 17.9. The van der Waals surface area contributed by atoms with E-state index in [0.717, 1.165) is 0 Å². The molecule has 0 radical (unpaired) electrons. The topological polar surface area (TPSA) is 135 Å². The maximum atomic E-state index is 12.5. The van der Waals surface area contributed by atoms with Crippen molar-refractivity contribution >= 4 is 28.6 Å². The monoisotopic (exact) mass is 386 g/mol. The highest BCUT2D eigenvalue weighted by atomic mass is 16.5. The predicted molar refractivity (Wildman–Crippen MR) is 100 cm³/mol. The van der Waals surface area contributed by atoms with Gasteiger partial charge in [-0.05, 0) is 25.8 Å². The van der Waals surface area contributed by atoms with Crippen LogP contribution in [0.25, 0.3) is 10.8 Å². The Bertz CT molecular complexity index is 970. The molecule has 0 aliphatic carbocycles. The number of hydrogen-bond donors (Lipinski definition) is 2. The van der Waals surface area contributed by atoms with Crippen molar-refractivity contribution in [1.82, 2.24) is 15.1 Å². The van der Waals surface area contributed by atoms with E-state index in [1.165, 1.54) is 11.8 Å². The van der Waals surface area contributed by atoms with E-state index in [1.54, 1.807) is 24.3 Å². The summed E-state index contributed by atoms with van der Waals surface area (Å²) < 4.78 is 5.27. The smallest absolute Gasteiger partial charge is 0.312 e. The Kier molecular flexibility index (Phi) is 5.72. The molecule has 2 aromatic rings. The molecule has 9 nitrogen and oxygen atoms in total. The lowest BCUT2D eigenvalue weighted by Crippen LogP contribution is -2.48. The summed E-state index contributed by atoms with van der Waals surface area (Å²) >= 11 is 0. The number of H-pyrrole nitrogens is 1. The molecule has 148 valence electrons. The van der Waals surface area contributed by atoms with E-state index in [4.69, 9.17) is 10.5 Å². The predicted octanol–water partition coefficient (Wildman–Crippen LogP) is 0.121. The summed E-state index contributed by atoms with van der Waals surface area (Å²) in [6.45, 7) is 2.23. The van der Waals surface area contributed by atoms with Gasteiger partial charge in [0.25, 0.3) is 11.5 Å². The molecule has 0 saturated carbocycles. The SMILES string of the molecule is CC(OC(=O)Cc1n[nH]c(=O)c2ccccc12)C(=O)N1CCCC(C(N)=O)C1. The molecule has 2 heterocycles. The van der Waals surface area contributed by atoms with Crippen LogP contribution in [0.4, 0.5) is 0 Å². The number of rotatable bonds is 5. The summed E-state index contributed by atoms with van der Waals surface area (Å²) in [7, 11) is 0. The summed E-state index contributed by atoms with van der Waals surface area (Å²) in [5.41, 5.74) is 5.36. The van der Waals surface area contributed by atoms with Crippen LogP contribution in [-0.2, 0) is 25.5 Å². The lowest BCUT2D eigenvalue weighted by Gasteiger charge is -2.32. The highest BCUT2D eigenvalue weighted by Gasteiger charge is 2.30. The number of piperidine rings is 1. The zero-order chi connectivity index (χ0) is 20.3. The molecule has 1 aliphatic heterocycles. The molecule has 3 rings (SSSR count). The number of nitrogens with two attached hydrogens (primary N) is 1. The number of carbonyl (C=O) groups is 3. The minimum Gasteiger partial charge on any atom is -0.452 e. The number of aromatic amines is 1. The molecule has 1 aromatic carbocycles. The van der Waals surface area contributed by atoms with Crippen molar-refractivity contribution in [3.8, 4) is 0 Å². The van der Waals surface area contributed by atoms with Gasteiger partial charge in [0.05, 0.1) is 23.4 Å². The van der Waals surface area contributed by atoms with Gasteiger partial charge in [-0.15, -0.1) is 0 Å². The first-order valence-electron chi connectivity index (χ1n) is 9.10. The van der Waals surface area contributed by atoms with Crippen molar-refractivity contribution < 1.29 is 19.1 Å². The number of esters is 1. The number of fused-ring (bicyclic) bond motifs is 1. The quantitative estimate of drug-likeness (QED) is 0.701. The van der Waals surface area contributed by atoms with Crippen molar-refractivity contribution in [2.75, 3.05) is 13.1 Å². The summed E-state index contributed by atoms with van der Waals surface area (Å²) in [6, 6.07) is 6.81. The van der Waals surface area contributed by atoms with Gasteiger partial charge in [-0.1, -0.05) is 18.2 Å². The highest BCUT2D eigenvalue weighted by Crippen LogP contribution is 2.18. The Morgan fingerprint density at radius 2 is 2.04 bits per heavy atom. The first-order chi connectivity index (χ1) is 13.4. The van der Waals surface area contributed by atoms with Gasteiger partial charge in [-0.2, -0.15) is 5.10 Å². The van der Waals surface area contributed by atoms with Crippen molar-refractivity contribution in [3.05, 3.63) is 40.3 Å². The number of likely N-dealkylation sites (tertiary alicyclic amines) is 1. The summed E-state index contributed by atoms with van der Waals surface area (Å²) in [5, 5.41) is 7.28. The number of nitrogens with one attached hydrogen (secondary N) is 1. The van der Waals surface area contributed by atoms with E-state index >= 15 is 0 Å². The molecule has 9 heteroatoms. The molecular formula is C19H22N4O5. The molecule has 1 aliphatic rings. The van der Waals surface area contributed by atoms with E-state index in [1.807, 2.05) is 0 Å². The highest BCUT2D eigenvalue weighted by molar-refractivity contribution is 5.88. The summed E-state index contributed by atoms with van der Waals surface area (Å²) in [4.78, 5) is 49.5. The number of nitrogens with zero attached hydrogens (tertiary/aromatic N) is 2. The van der Waals surface area contributed by atoms with Gasteiger partial charge in [0, 0.05) is 18.5 Å². The van der Waals surface area contributed by atoms with Crippen LogP contribution in [0, 0.1) is 5.92 Å². The van der Waals surface area contributed by atoms with E-state index < -0.39 is 18.0 Å². The van der Waals surface area contributed by atoms with Crippen molar-refractivity contribution in [3.63, 3.8) is 0 Å². The van der Waals surface area contributed by atoms with Crippen LogP contribution in [0.15, 0.2) is 29.1 Å². The summed E-state index contributed by atoms with van der Waals surface area (Å²) in [5.74, 6) is -1.80. The lowest BCUT2D eigenvalue weighted by atomic mass is 9.97.